The maximum absolute atomic E-state index is 7.10. The van der Waals surface area contributed by atoms with Gasteiger partial charge in [-0.25, -0.2) is 0 Å². The molecular weight excluding hydrogens is 575 g/mol. The summed E-state index contributed by atoms with van der Waals surface area (Å²) in [5.74, 6) is 3.07. The van der Waals surface area contributed by atoms with E-state index in [0.717, 1.165) is 40.6 Å². The summed E-state index contributed by atoms with van der Waals surface area (Å²) in [6.45, 7) is 0.121. The summed E-state index contributed by atoms with van der Waals surface area (Å²) in [4.78, 5) is 2.40. The molecule has 222 valence electrons. The molecule has 5 aliphatic rings. The second-order valence-corrected chi connectivity index (χ2v) is 13.1. The Kier molecular flexibility index (Phi) is 5.12. The third-order valence-corrected chi connectivity index (χ3v) is 10.7. The number of hydrogen-bond acceptors (Lipinski definition) is 3. The minimum absolute atomic E-state index is 0.0165. The standard InChI is InChI=1S/C42H29BN2O2/c1-2-12-26(13-3-1)29-25-30-28-14-4-6-16-33(28)45-34-17-7-5-15-31(34)43-32-24-27(22-23-37(32)47-42(29)40(43)41(30)45)44-35-18-8-10-20-38(35)46-39-21-11-9-19-36(39)44/h1-20,22-25,31,34,39H,21H2. The SMILES string of the molecule is C1=CCC2Oc3ccccc3N(c3ccc4c(c3)B3c5c(c(-c6ccccc6)cc6c7ccccc7n(c56)C5C=CC=CC35)O4)C2=C1. The van der Waals surface area contributed by atoms with E-state index in [4.69, 9.17) is 9.47 Å². The number of rotatable bonds is 2. The fourth-order valence-corrected chi connectivity index (χ4v) is 8.81. The van der Waals surface area contributed by atoms with Gasteiger partial charge in [-0.1, -0.05) is 97.1 Å². The van der Waals surface area contributed by atoms with Crippen LogP contribution in [0.15, 0.2) is 151 Å². The van der Waals surface area contributed by atoms with Crippen molar-refractivity contribution in [1.29, 1.82) is 0 Å². The fraction of sp³-hybridized carbons (Fsp3) is 0.0952. The average molecular weight is 605 g/mol. The van der Waals surface area contributed by atoms with E-state index < -0.39 is 0 Å². The first-order valence-electron chi connectivity index (χ1n) is 16.6. The monoisotopic (exact) mass is 604 g/mol. The lowest BCUT2D eigenvalue weighted by Gasteiger charge is -2.42. The van der Waals surface area contributed by atoms with E-state index >= 15 is 0 Å². The van der Waals surface area contributed by atoms with Gasteiger partial charge in [-0.05, 0) is 70.8 Å². The molecule has 0 bridgehead atoms. The van der Waals surface area contributed by atoms with E-state index in [0.29, 0.717) is 0 Å². The molecule has 2 aliphatic carbocycles. The van der Waals surface area contributed by atoms with Crippen molar-refractivity contribution in [2.45, 2.75) is 24.4 Å². The van der Waals surface area contributed by atoms with Crippen LogP contribution in [0.5, 0.6) is 17.2 Å². The van der Waals surface area contributed by atoms with Crippen molar-refractivity contribution in [2.75, 3.05) is 4.90 Å². The Morgan fingerprint density at radius 1 is 0.745 bits per heavy atom. The van der Waals surface area contributed by atoms with Crippen molar-refractivity contribution in [1.82, 2.24) is 4.57 Å². The Morgan fingerprint density at radius 2 is 1.60 bits per heavy atom. The van der Waals surface area contributed by atoms with Crippen LogP contribution in [0.25, 0.3) is 32.9 Å². The lowest BCUT2D eigenvalue weighted by atomic mass is 9.30. The highest BCUT2D eigenvalue weighted by atomic mass is 16.5. The van der Waals surface area contributed by atoms with E-state index in [1.807, 2.05) is 0 Å². The van der Waals surface area contributed by atoms with Crippen molar-refractivity contribution in [2.24, 2.45) is 0 Å². The third kappa shape index (κ3) is 3.43. The predicted molar refractivity (Wildman–Crippen MR) is 192 cm³/mol. The number of hydrogen-bond donors (Lipinski definition) is 0. The second-order valence-electron chi connectivity index (χ2n) is 13.1. The fourth-order valence-electron chi connectivity index (χ4n) is 8.81. The highest BCUT2D eigenvalue weighted by Gasteiger charge is 2.47. The molecule has 4 heterocycles. The van der Waals surface area contributed by atoms with Crippen LogP contribution < -0.4 is 25.3 Å². The Morgan fingerprint density at radius 3 is 2.55 bits per heavy atom. The van der Waals surface area contributed by atoms with Crippen LogP contribution in [0.1, 0.15) is 12.5 Å². The summed E-state index contributed by atoms with van der Waals surface area (Å²) >= 11 is 0. The molecule has 5 aromatic carbocycles. The number of benzene rings is 5. The maximum atomic E-state index is 7.10. The number of para-hydroxylation sites is 3. The highest BCUT2D eigenvalue weighted by Crippen LogP contribution is 2.51. The molecule has 1 aromatic heterocycles. The van der Waals surface area contributed by atoms with Crippen LogP contribution in [0.3, 0.4) is 0 Å². The number of aromatic nitrogens is 1. The first-order chi connectivity index (χ1) is 23.3. The first kappa shape index (κ1) is 25.5. The normalized spacial score (nSPS) is 21.0. The molecule has 0 radical (unpaired) electrons. The van der Waals surface area contributed by atoms with Gasteiger partial charge in [0.1, 0.15) is 23.4 Å². The van der Waals surface area contributed by atoms with Crippen molar-refractivity contribution < 1.29 is 9.47 Å². The van der Waals surface area contributed by atoms with Crippen LogP contribution in [-0.2, 0) is 0 Å². The number of nitrogens with zero attached hydrogens (tertiary/aromatic N) is 2. The summed E-state index contributed by atoms with van der Waals surface area (Å²) in [7, 11) is 0. The van der Waals surface area contributed by atoms with Gasteiger partial charge in [0.15, 0.2) is 0 Å². The lowest BCUT2D eigenvalue weighted by molar-refractivity contribution is 0.228. The van der Waals surface area contributed by atoms with Crippen molar-refractivity contribution >= 4 is 50.8 Å². The predicted octanol–water partition coefficient (Wildman–Crippen LogP) is 8.97. The van der Waals surface area contributed by atoms with Crippen molar-refractivity contribution in [3.05, 3.63) is 151 Å². The van der Waals surface area contributed by atoms with Crippen LogP contribution >= 0.6 is 0 Å². The molecule has 4 nitrogen and oxygen atoms in total. The summed E-state index contributed by atoms with van der Waals surface area (Å²) in [5.41, 5.74) is 10.8. The zero-order chi connectivity index (χ0) is 30.6. The Hall–Kier alpha value is -5.68. The number of ether oxygens (including phenoxy) is 2. The van der Waals surface area contributed by atoms with Crippen LogP contribution in [0, 0.1) is 0 Å². The number of anilines is 2. The minimum atomic E-state index is -0.0165. The van der Waals surface area contributed by atoms with Crippen LogP contribution in [0.2, 0.25) is 5.82 Å². The van der Waals surface area contributed by atoms with Crippen molar-refractivity contribution in [3.8, 4) is 28.4 Å². The van der Waals surface area contributed by atoms with Gasteiger partial charge in [0.2, 0.25) is 6.71 Å². The van der Waals surface area contributed by atoms with Crippen molar-refractivity contribution in [3.63, 3.8) is 0 Å². The zero-order valence-electron chi connectivity index (χ0n) is 25.6. The molecule has 6 aromatic rings. The Bertz CT molecular complexity index is 2430. The molecule has 0 saturated heterocycles. The molecule has 47 heavy (non-hydrogen) atoms. The summed E-state index contributed by atoms with van der Waals surface area (Å²) in [5, 5.41) is 2.58. The topological polar surface area (TPSA) is 26.6 Å². The summed E-state index contributed by atoms with van der Waals surface area (Å²) < 4.78 is 16.2. The molecule has 11 rings (SSSR count). The zero-order valence-corrected chi connectivity index (χ0v) is 25.6. The van der Waals surface area contributed by atoms with E-state index in [2.05, 4.69) is 155 Å². The van der Waals surface area contributed by atoms with E-state index in [-0.39, 0.29) is 24.7 Å². The van der Waals surface area contributed by atoms with Gasteiger partial charge < -0.3 is 18.9 Å². The molecular formula is C42H29BN2O2. The van der Waals surface area contributed by atoms with Gasteiger partial charge in [-0.3, -0.25) is 0 Å². The second kappa shape index (κ2) is 9.43. The molecule has 0 N–H and O–H groups in total. The van der Waals surface area contributed by atoms with Crippen LogP contribution in [0.4, 0.5) is 11.4 Å². The lowest BCUT2D eigenvalue weighted by Crippen LogP contribution is -2.54. The molecule has 0 spiro atoms. The van der Waals surface area contributed by atoms with Gasteiger partial charge in [-0.15, -0.1) is 0 Å². The average Bonchev–Trinajstić information content (AvgIpc) is 3.47. The van der Waals surface area contributed by atoms with Crippen LogP contribution in [-0.4, -0.2) is 17.4 Å². The molecule has 3 unspecified atom stereocenters. The quantitative estimate of drug-likeness (QED) is 0.185. The third-order valence-electron chi connectivity index (χ3n) is 10.7. The Labute approximate surface area is 273 Å². The molecule has 0 amide bonds. The summed E-state index contributed by atoms with van der Waals surface area (Å²) in [6.07, 6.45) is 16.7. The van der Waals surface area contributed by atoms with E-state index in [1.54, 1.807) is 0 Å². The Balaban J connectivity index is 1.20. The van der Waals surface area contributed by atoms with Gasteiger partial charge in [0, 0.05) is 39.5 Å². The summed E-state index contributed by atoms with van der Waals surface area (Å²) in [6, 6.07) is 37.4. The van der Waals surface area contributed by atoms with E-state index in [9.17, 15) is 0 Å². The molecule has 5 heteroatoms. The molecule has 0 fully saturated rings. The minimum Gasteiger partial charge on any atom is -0.482 e. The molecule has 0 saturated carbocycles. The molecule has 3 atom stereocenters. The first-order valence-corrected chi connectivity index (χ1v) is 16.6. The van der Waals surface area contributed by atoms with E-state index in [1.165, 1.54) is 44.0 Å². The van der Waals surface area contributed by atoms with Gasteiger partial charge in [0.25, 0.3) is 0 Å². The highest BCUT2D eigenvalue weighted by molar-refractivity contribution is 6.90. The van der Waals surface area contributed by atoms with Gasteiger partial charge >= 0.3 is 0 Å². The van der Waals surface area contributed by atoms with Gasteiger partial charge in [0.05, 0.1) is 17.4 Å². The largest absolute Gasteiger partial charge is 0.482 e. The number of allylic oxidation sites excluding steroid dienone is 6. The van der Waals surface area contributed by atoms with Gasteiger partial charge in [-0.2, -0.15) is 0 Å². The molecule has 3 aliphatic heterocycles. The maximum Gasteiger partial charge on any atom is 0.231 e. The smallest absolute Gasteiger partial charge is 0.231 e. The number of fused-ring (bicyclic) bond motifs is 10.